The molecular weight excluding hydrogens is 328 g/mol. The second-order valence-electron chi connectivity index (χ2n) is 5.75. The fourth-order valence-corrected chi connectivity index (χ4v) is 2.60. The van der Waals surface area contributed by atoms with Crippen LogP contribution in [-0.4, -0.2) is 54.0 Å². The molecule has 1 aromatic carbocycles. The van der Waals surface area contributed by atoms with Gasteiger partial charge in [-0.3, -0.25) is 14.5 Å². The van der Waals surface area contributed by atoms with Crippen LogP contribution in [0.25, 0.3) is 0 Å². The van der Waals surface area contributed by atoms with E-state index in [1.165, 1.54) is 5.06 Å². The Morgan fingerprint density at radius 2 is 2.04 bits per heavy atom. The Labute approximate surface area is 146 Å². The van der Waals surface area contributed by atoms with Gasteiger partial charge in [-0.2, -0.15) is 10.5 Å². The van der Waals surface area contributed by atoms with Gasteiger partial charge in [0.1, 0.15) is 6.04 Å². The number of hydrogen-bond acceptors (Lipinski definition) is 6. The summed E-state index contributed by atoms with van der Waals surface area (Å²) in [6.07, 6.45) is 0.131. The summed E-state index contributed by atoms with van der Waals surface area (Å²) >= 11 is 0. The van der Waals surface area contributed by atoms with E-state index in [0.717, 1.165) is 12.0 Å². The van der Waals surface area contributed by atoms with Gasteiger partial charge in [0.15, 0.2) is 0 Å². The maximum atomic E-state index is 11.6. The van der Waals surface area contributed by atoms with E-state index < -0.39 is 18.0 Å². The number of piperidine rings is 1. The molecule has 138 valence electrons. The van der Waals surface area contributed by atoms with Crippen LogP contribution in [0.15, 0.2) is 30.3 Å². The lowest BCUT2D eigenvalue weighted by Crippen LogP contribution is -2.55. The molecule has 2 amide bonds. The van der Waals surface area contributed by atoms with Crippen molar-refractivity contribution in [3.05, 3.63) is 35.9 Å². The number of hydroxylamine groups is 3. The van der Waals surface area contributed by atoms with Gasteiger partial charge in [-0.1, -0.05) is 30.3 Å². The normalized spacial score (nSPS) is 21.0. The number of carbonyl (C=O) groups is 2. The van der Waals surface area contributed by atoms with Crippen molar-refractivity contribution < 1.29 is 24.4 Å². The first kappa shape index (κ1) is 19.1. The molecule has 1 aliphatic rings. The van der Waals surface area contributed by atoms with Crippen molar-refractivity contribution in [2.45, 2.75) is 31.5 Å². The molecule has 1 heterocycles. The smallest absolute Gasteiger partial charge is 0.404 e. The van der Waals surface area contributed by atoms with Crippen LogP contribution in [0.3, 0.4) is 0 Å². The Balaban J connectivity index is 1.77. The zero-order valence-electron chi connectivity index (χ0n) is 13.9. The van der Waals surface area contributed by atoms with Gasteiger partial charge in [-0.05, 0) is 18.4 Å². The molecular formula is C16H24N4O5. The number of hydrogen-bond donors (Lipinski definition) is 4. The molecule has 2 atom stereocenters. The van der Waals surface area contributed by atoms with Crippen LogP contribution in [0.1, 0.15) is 18.4 Å². The highest BCUT2D eigenvalue weighted by Crippen LogP contribution is 2.18. The Hall–Kier alpha value is -2.20. The monoisotopic (exact) mass is 352 g/mol. The van der Waals surface area contributed by atoms with Crippen LogP contribution in [0, 0.1) is 0 Å². The number of nitrogens with two attached hydrogens (primary N) is 1. The third kappa shape index (κ3) is 6.67. The van der Waals surface area contributed by atoms with Crippen molar-refractivity contribution in [3.63, 3.8) is 0 Å². The molecule has 1 aliphatic heterocycles. The molecule has 9 heteroatoms. The van der Waals surface area contributed by atoms with Crippen LogP contribution in [-0.2, 0) is 21.1 Å². The summed E-state index contributed by atoms with van der Waals surface area (Å²) in [5.41, 5.74) is 9.44. The third-order valence-corrected chi connectivity index (χ3v) is 3.83. The summed E-state index contributed by atoms with van der Waals surface area (Å²) in [5.74, 6) is -0.463. The van der Waals surface area contributed by atoms with Crippen molar-refractivity contribution >= 4 is 12.0 Å². The predicted octanol–water partition coefficient (Wildman–Crippen LogP) is 0.225. The van der Waals surface area contributed by atoms with Gasteiger partial charge in [0.05, 0.1) is 13.2 Å². The highest BCUT2D eigenvalue weighted by atomic mass is 16.7. The number of nitrogens with one attached hydrogen (secondary N) is 2. The maximum Gasteiger partial charge on any atom is 0.404 e. The highest BCUT2D eigenvalue weighted by Gasteiger charge is 2.32. The first-order valence-electron chi connectivity index (χ1n) is 8.13. The number of benzene rings is 1. The van der Waals surface area contributed by atoms with Crippen LogP contribution in [0.4, 0.5) is 4.79 Å². The lowest BCUT2D eigenvalue weighted by molar-refractivity contribution is -0.207. The number of primary amides is 1. The molecule has 9 nitrogen and oxygen atoms in total. The molecule has 0 aromatic heterocycles. The van der Waals surface area contributed by atoms with Gasteiger partial charge in [0, 0.05) is 19.1 Å². The third-order valence-electron chi connectivity index (χ3n) is 3.83. The Kier molecular flexibility index (Phi) is 7.61. The fraction of sp³-hybridized carbons (Fsp3) is 0.500. The average Bonchev–Trinajstić information content (AvgIpc) is 2.59. The molecule has 0 saturated carbocycles. The second-order valence-corrected chi connectivity index (χ2v) is 5.75. The number of rotatable bonds is 9. The Morgan fingerprint density at radius 1 is 1.28 bits per heavy atom. The van der Waals surface area contributed by atoms with E-state index in [0.29, 0.717) is 19.6 Å². The summed E-state index contributed by atoms with van der Waals surface area (Å²) in [7, 11) is 0. The summed E-state index contributed by atoms with van der Waals surface area (Å²) in [5, 5.41) is 12.2. The fourth-order valence-electron chi connectivity index (χ4n) is 2.60. The highest BCUT2D eigenvalue weighted by molar-refractivity contribution is 5.79. The molecule has 1 saturated heterocycles. The predicted molar refractivity (Wildman–Crippen MR) is 89.1 cm³/mol. The quantitative estimate of drug-likeness (QED) is 0.370. The van der Waals surface area contributed by atoms with Gasteiger partial charge >= 0.3 is 6.09 Å². The van der Waals surface area contributed by atoms with Gasteiger partial charge < -0.3 is 16.2 Å². The van der Waals surface area contributed by atoms with Crippen molar-refractivity contribution in [1.29, 1.82) is 0 Å². The van der Waals surface area contributed by atoms with E-state index in [9.17, 15) is 9.59 Å². The number of amides is 2. The zero-order valence-corrected chi connectivity index (χ0v) is 13.9. The van der Waals surface area contributed by atoms with Crippen LogP contribution in [0.2, 0.25) is 0 Å². The van der Waals surface area contributed by atoms with Crippen LogP contribution >= 0.6 is 0 Å². The Bertz CT molecular complexity index is 557. The van der Waals surface area contributed by atoms with E-state index in [-0.39, 0.29) is 19.2 Å². The van der Waals surface area contributed by atoms with Crippen molar-refractivity contribution in [2.75, 3.05) is 19.7 Å². The molecule has 0 spiro atoms. The Morgan fingerprint density at radius 3 is 2.72 bits per heavy atom. The first-order valence-corrected chi connectivity index (χ1v) is 8.13. The van der Waals surface area contributed by atoms with Crippen molar-refractivity contribution in [1.82, 2.24) is 15.9 Å². The first-order chi connectivity index (χ1) is 12.1. The van der Waals surface area contributed by atoms with Crippen molar-refractivity contribution in [2.24, 2.45) is 5.73 Å². The zero-order chi connectivity index (χ0) is 18.1. The van der Waals surface area contributed by atoms with Gasteiger partial charge in [0.25, 0.3) is 0 Å². The lowest BCUT2D eigenvalue weighted by Gasteiger charge is -2.36. The van der Waals surface area contributed by atoms with E-state index in [2.05, 4.69) is 10.8 Å². The standard InChI is InChI=1S/C16H24N4O5/c17-15(21)14-7-6-13(10-20(14)25-9-8-18-16(22)23)19-24-11-12-4-2-1-3-5-12/h1-5,13-14,18-19H,6-11H2,(H2,17,21)(H,22,23)/t13-,14+/m1/s1. The van der Waals surface area contributed by atoms with E-state index in [1.54, 1.807) is 0 Å². The molecule has 1 fully saturated rings. The molecule has 5 N–H and O–H groups in total. The van der Waals surface area contributed by atoms with Gasteiger partial charge in [0.2, 0.25) is 5.91 Å². The SMILES string of the molecule is NC(=O)[C@@H]1CC[C@@H](NOCc2ccccc2)CN1OCCNC(=O)O. The molecule has 0 bridgehead atoms. The molecule has 0 radical (unpaired) electrons. The number of nitrogens with zero attached hydrogens (tertiary/aromatic N) is 1. The van der Waals surface area contributed by atoms with Crippen LogP contribution < -0.4 is 16.5 Å². The summed E-state index contributed by atoms with van der Waals surface area (Å²) in [6.45, 7) is 1.09. The molecule has 0 aliphatic carbocycles. The summed E-state index contributed by atoms with van der Waals surface area (Å²) in [4.78, 5) is 33.0. The summed E-state index contributed by atoms with van der Waals surface area (Å²) in [6, 6.07) is 9.21. The molecule has 2 rings (SSSR count). The van der Waals surface area contributed by atoms with E-state index in [4.69, 9.17) is 20.5 Å². The largest absolute Gasteiger partial charge is 0.465 e. The van der Waals surface area contributed by atoms with E-state index in [1.807, 2.05) is 30.3 Å². The van der Waals surface area contributed by atoms with Gasteiger partial charge in [-0.15, -0.1) is 0 Å². The molecule has 1 aromatic rings. The number of carbonyl (C=O) groups excluding carboxylic acids is 1. The minimum Gasteiger partial charge on any atom is -0.465 e. The second kappa shape index (κ2) is 9.94. The molecule has 25 heavy (non-hydrogen) atoms. The van der Waals surface area contributed by atoms with Crippen LogP contribution in [0.5, 0.6) is 0 Å². The topological polar surface area (TPSA) is 126 Å². The minimum absolute atomic E-state index is 0.0215. The van der Waals surface area contributed by atoms with Crippen molar-refractivity contribution in [3.8, 4) is 0 Å². The molecule has 0 unspecified atom stereocenters. The summed E-state index contributed by atoms with van der Waals surface area (Å²) < 4.78 is 0. The lowest BCUT2D eigenvalue weighted by atomic mass is 10.0. The maximum absolute atomic E-state index is 11.6. The van der Waals surface area contributed by atoms with Gasteiger partial charge in [-0.25, -0.2) is 4.79 Å². The minimum atomic E-state index is -1.12. The van der Waals surface area contributed by atoms with E-state index >= 15 is 0 Å². The average molecular weight is 352 g/mol. The number of carboxylic acid groups (broad SMARTS) is 1.